The number of halogens is 2. The summed E-state index contributed by atoms with van der Waals surface area (Å²) < 4.78 is 29.9. The van der Waals surface area contributed by atoms with Gasteiger partial charge in [-0.15, -0.1) is 0 Å². The van der Waals surface area contributed by atoms with Gasteiger partial charge in [0, 0.05) is 10.5 Å². The van der Waals surface area contributed by atoms with Gasteiger partial charge < -0.3 is 19.5 Å². The highest BCUT2D eigenvalue weighted by Gasteiger charge is 2.14. The van der Waals surface area contributed by atoms with Crippen LogP contribution in [-0.2, 0) is 20.7 Å². The van der Waals surface area contributed by atoms with Gasteiger partial charge in [0.2, 0.25) is 5.91 Å². The Kier molecular flexibility index (Phi) is 7.60. The van der Waals surface area contributed by atoms with Crippen LogP contribution in [0.5, 0.6) is 11.5 Å². The van der Waals surface area contributed by atoms with E-state index in [1.807, 2.05) is 0 Å². The van der Waals surface area contributed by atoms with Crippen LogP contribution >= 0.6 is 15.9 Å². The van der Waals surface area contributed by atoms with Crippen molar-refractivity contribution in [2.45, 2.75) is 13.3 Å². The van der Waals surface area contributed by atoms with E-state index in [4.69, 9.17) is 14.2 Å². The normalized spacial score (nSPS) is 10.2. The smallest absolute Gasteiger partial charge is 0.344 e. The molecule has 0 saturated carbocycles. The van der Waals surface area contributed by atoms with E-state index >= 15 is 0 Å². The second-order valence-electron chi connectivity index (χ2n) is 5.42. The van der Waals surface area contributed by atoms with Gasteiger partial charge in [-0.2, -0.15) is 0 Å². The molecule has 2 aromatic carbocycles. The van der Waals surface area contributed by atoms with Crippen LogP contribution in [0.25, 0.3) is 0 Å². The van der Waals surface area contributed by atoms with Crippen molar-refractivity contribution in [1.29, 1.82) is 0 Å². The lowest BCUT2D eigenvalue weighted by molar-refractivity contribution is -0.145. The summed E-state index contributed by atoms with van der Waals surface area (Å²) in [4.78, 5) is 23.8. The van der Waals surface area contributed by atoms with Gasteiger partial charge in [-0.1, -0.05) is 22.0 Å². The van der Waals surface area contributed by atoms with Crippen LogP contribution < -0.4 is 14.8 Å². The Labute approximate surface area is 164 Å². The second kappa shape index (κ2) is 9.91. The molecule has 6 nitrogen and oxygen atoms in total. The Morgan fingerprint density at radius 1 is 1.19 bits per heavy atom. The van der Waals surface area contributed by atoms with E-state index in [-0.39, 0.29) is 30.9 Å². The molecule has 0 unspecified atom stereocenters. The number of carbonyl (C=O) groups is 2. The maximum absolute atomic E-state index is 13.9. The third-order valence-corrected chi connectivity index (χ3v) is 3.97. The quantitative estimate of drug-likeness (QED) is 0.634. The minimum Gasteiger partial charge on any atom is -0.497 e. The molecule has 0 spiro atoms. The van der Waals surface area contributed by atoms with Crippen molar-refractivity contribution in [3.05, 3.63) is 52.3 Å². The lowest BCUT2D eigenvalue weighted by Gasteiger charge is -2.14. The van der Waals surface area contributed by atoms with Crippen LogP contribution in [0.2, 0.25) is 0 Å². The first kappa shape index (κ1) is 20.7. The van der Waals surface area contributed by atoms with Crippen molar-refractivity contribution in [2.75, 3.05) is 25.6 Å². The van der Waals surface area contributed by atoms with Gasteiger partial charge in [0.1, 0.15) is 17.3 Å². The summed E-state index contributed by atoms with van der Waals surface area (Å²) in [5.74, 6) is -0.706. The molecule has 0 aromatic heterocycles. The molecule has 27 heavy (non-hydrogen) atoms. The number of nitrogens with one attached hydrogen (secondary N) is 1. The summed E-state index contributed by atoms with van der Waals surface area (Å²) in [5.41, 5.74) is 0.598. The number of rotatable bonds is 8. The maximum atomic E-state index is 13.9. The molecule has 0 aliphatic rings. The predicted octanol–water partition coefficient (Wildman–Crippen LogP) is 3.72. The van der Waals surface area contributed by atoms with Gasteiger partial charge in [-0.3, -0.25) is 4.79 Å². The van der Waals surface area contributed by atoms with Gasteiger partial charge >= 0.3 is 5.97 Å². The summed E-state index contributed by atoms with van der Waals surface area (Å²) in [6.07, 6.45) is -0.150. The predicted molar refractivity (Wildman–Crippen MR) is 102 cm³/mol. The lowest BCUT2D eigenvalue weighted by Crippen LogP contribution is -2.18. The molecule has 0 fully saturated rings. The molecule has 8 heteroatoms. The second-order valence-corrected chi connectivity index (χ2v) is 6.33. The molecule has 1 N–H and O–H groups in total. The number of hydrogen-bond donors (Lipinski definition) is 1. The third-order valence-electron chi connectivity index (χ3n) is 3.48. The molecule has 0 aliphatic heterocycles. The molecule has 0 heterocycles. The van der Waals surface area contributed by atoms with Gasteiger partial charge in [0.25, 0.3) is 0 Å². The first-order valence-electron chi connectivity index (χ1n) is 8.13. The SMILES string of the molecule is CCOC(=O)COc1cc(OC)ccc1NC(=O)Cc1ccc(Br)cc1F. The highest BCUT2D eigenvalue weighted by atomic mass is 79.9. The molecule has 2 aromatic rings. The molecule has 2 rings (SSSR count). The van der Waals surface area contributed by atoms with Crippen LogP contribution in [0, 0.1) is 5.82 Å². The third kappa shape index (κ3) is 6.25. The molecule has 144 valence electrons. The molecular weight excluding hydrogens is 421 g/mol. The summed E-state index contributed by atoms with van der Waals surface area (Å²) in [6, 6.07) is 9.24. The molecule has 0 aliphatic carbocycles. The van der Waals surface area contributed by atoms with E-state index < -0.39 is 17.7 Å². The van der Waals surface area contributed by atoms with E-state index in [9.17, 15) is 14.0 Å². The summed E-state index contributed by atoms with van der Waals surface area (Å²) in [7, 11) is 1.49. The van der Waals surface area contributed by atoms with E-state index in [1.165, 1.54) is 25.3 Å². The Bertz CT molecular complexity index is 828. The van der Waals surface area contributed by atoms with Crippen molar-refractivity contribution in [3.63, 3.8) is 0 Å². The minimum atomic E-state index is -0.533. The monoisotopic (exact) mass is 439 g/mol. The van der Waals surface area contributed by atoms with Crippen molar-refractivity contribution in [2.24, 2.45) is 0 Å². The summed E-state index contributed by atoms with van der Waals surface area (Å²) in [6.45, 7) is 1.62. The Morgan fingerprint density at radius 3 is 2.63 bits per heavy atom. The largest absolute Gasteiger partial charge is 0.497 e. The highest BCUT2D eigenvalue weighted by molar-refractivity contribution is 9.10. The van der Waals surface area contributed by atoms with Gasteiger partial charge in [-0.25, -0.2) is 9.18 Å². The zero-order chi connectivity index (χ0) is 19.8. The molecule has 0 bridgehead atoms. The van der Waals surface area contributed by atoms with Crippen LogP contribution in [0.3, 0.4) is 0 Å². The van der Waals surface area contributed by atoms with Crippen molar-refractivity contribution >= 4 is 33.5 Å². The fourth-order valence-corrected chi connectivity index (χ4v) is 2.56. The van der Waals surface area contributed by atoms with Gasteiger partial charge in [0.05, 0.1) is 25.8 Å². The Balaban J connectivity index is 2.11. The molecule has 1 amide bonds. The number of benzene rings is 2. The first-order chi connectivity index (χ1) is 12.9. The van der Waals surface area contributed by atoms with E-state index in [0.717, 1.165) is 0 Å². The summed E-state index contributed by atoms with van der Waals surface area (Å²) in [5, 5.41) is 2.66. The first-order valence-corrected chi connectivity index (χ1v) is 8.92. The zero-order valence-electron chi connectivity index (χ0n) is 14.9. The number of esters is 1. The van der Waals surface area contributed by atoms with Crippen LogP contribution in [0.15, 0.2) is 40.9 Å². The standard InChI is InChI=1S/C19H19BrFNO5/c1-3-26-19(24)11-27-17-10-14(25-2)6-7-16(17)22-18(23)8-12-4-5-13(20)9-15(12)21/h4-7,9-10H,3,8,11H2,1-2H3,(H,22,23). The average Bonchev–Trinajstić information content (AvgIpc) is 2.63. The van der Waals surface area contributed by atoms with Gasteiger partial charge in [-0.05, 0) is 36.8 Å². The Hall–Kier alpha value is -2.61. The van der Waals surface area contributed by atoms with Crippen molar-refractivity contribution < 1.29 is 28.2 Å². The van der Waals surface area contributed by atoms with E-state index in [0.29, 0.717) is 15.9 Å². The van der Waals surface area contributed by atoms with Gasteiger partial charge in [0.15, 0.2) is 6.61 Å². The fraction of sp³-hybridized carbons (Fsp3) is 0.263. The molecule has 0 radical (unpaired) electrons. The summed E-state index contributed by atoms with van der Waals surface area (Å²) >= 11 is 3.17. The molecule has 0 saturated heterocycles. The molecular formula is C19H19BrFNO5. The topological polar surface area (TPSA) is 73.9 Å². The van der Waals surface area contributed by atoms with Crippen LogP contribution in [-0.4, -0.2) is 32.2 Å². The molecule has 0 atom stereocenters. The van der Waals surface area contributed by atoms with Crippen molar-refractivity contribution in [1.82, 2.24) is 0 Å². The number of amides is 1. The average molecular weight is 440 g/mol. The maximum Gasteiger partial charge on any atom is 0.344 e. The fourth-order valence-electron chi connectivity index (χ4n) is 2.22. The number of ether oxygens (including phenoxy) is 3. The van der Waals surface area contributed by atoms with E-state index in [1.54, 1.807) is 25.1 Å². The van der Waals surface area contributed by atoms with E-state index in [2.05, 4.69) is 21.2 Å². The number of carbonyl (C=O) groups excluding carboxylic acids is 2. The highest BCUT2D eigenvalue weighted by Crippen LogP contribution is 2.29. The van der Waals surface area contributed by atoms with Crippen LogP contribution in [0.4, 0.5) is 10.1 Å². The number of methoxy groups -OCH3 is 1. The Morgan fingerprint density at radius 2 is 1.96 bits per heavy atom. The minimum absolute atomic E-state index is 0.150. The lowest BCUT2D eigenvalue weighted by atomic mass is 10.1. The van der Waals surface area contributed by atoms with Crippen LogP contribution in [0.1, 0.15) is 12.5 Å². The number of hydrogen-bond acceptors (Lipinski definition) is 5. The number of anilines is 1. The van der Waals surface area contributed by atoms with Crippen molar-refractivity contribution in [3.8, 4) is 11.5 Å². The zero-order valence-corrected chi connectivity index (χ0v) is 16.5.